The highest BCUT2D eigenvalue weighted by molar-refractivity contribution is 7.71. The monoisotopic (exact) mass is 198 g/mol. The summed E-state index contributed by atoms with van der Waals surface area (Å²) in [6.45, 7) is 7.68. The van der Waals surface area contributed by atoms with Crippen LogP contribution in [0.2, 0.25) is 0 Å². The van der Waals surface area contributed by atoms with Crippen molar-refractivity contribution in [2.24, 2.45) is 5.92 Å². The van der Waals surface area contributed by atoms with Crippen LogP contribution in [0.4, 0.5) is 0 Å². The summed E-state index contributed by atoms with van der Waals surface area (Å²) in [6, 6.07) is 0. The molecule has 0 bridgehead atoms. The molecule has 0 spiro atoms. The smallest absolute Gasteiger partial charge is 0.177 e. The molecular weight excluding hydrogens is 180 g/mol. The van der Waals surface area contributed by atoms with Crippen molar-refractivity contribution in [2.75, 3.05) is 0 Å². The number of hydrogen-bond donors (Lipinski definition) is 1. The second-order valence-corrected chi connectivity index (χ2v) is 4.16. The lowest BCUT2D eigenvalue weighted by molar-refractivity contribution is 0.505. The fraction of sp³-hybridized carbons (Fsp3) is 0.700. The van der Waals surface area contributed by atoms with Gasteiger partial charge in [0.15, 0.2) is 4.77 Å². The third-order valence-electron chi connectivity index (χ3n) is 2.25. The number of hydrogen-bond acceptors (Lipinski definition) is 1. The van der Waals surface area contributed by atoms with Crippen molar-refractivity contribution in [2.45, 2.75) is 40.2 Å². The van der Waals surface area contributed by atoms with Gasteiger partial charge in [-0.3, -0.25) is 0 Å². The minimum atomic E-state index is 0.738. The predicted molar refractivity (Wildman–Crippen MR) is 58.4 cm³/mol. The SMILES string of the molecule is CCc1c[nH]c(=S)n1CCC(C)C. The van der Waals surface area contributed by atoms with E-state index in [0.29, 0.717) is 0 Å². The molecule has 0 aliphatic heterocycles. The average molecular weight is 198 g/mol. The van der Waals surface area contributed by atoms with Gasteiger partial charge in [-0.25, -0.2) is 0 Å². The average Bonchev–Trinajstić information content (AvgIpc) is 2.43. The first-order valence-electron chi connectivity index (χ1n) is 4.92. The molecule has 1 rings (SSSR count). The highest BCUT2D eigenvalue weighted by atomic mass is 32.1. The Morgan fingerprint density at radius 2 is 2.23 bits per heavy atom. The van der Waals surface area contributed by atoms with Gasteiger partial charge in [0.1, 0.15) is 0 Å². The lowest BCUT2D eigenvalue weighted by atomic mass is 10.1. The maximum atomic E-state index is 5.20. The largest absolute Gasteiger partial charge is 0.337 e. The van der Waals surface area contributed by atoms with E-state index in [0.717, 1.165) is 23.7 Å². The van der Waals surface area contributed by atoms with Gasteiger partial charge < -0.3 is 9.55 Å². The van der Waals surface area contributed by atoms with Crippen molar-refractivity contribution in [3.8, 4) is 0 Å². The molecular formula is C10H18N2S. The Kier molecular flexibility index (Phi) is 3.72. The van der Waals surface area contributed by atoms with Crippen molar-refractivity contribution < 1.29 is 0 Å². The number of aryl methyl sites for hydroxylation is 1. The Balaban J connectivity index is 2.74. The number of aromatic amines is 1. The Bertz CT molecular complexity index is 309. The van der Waals surface area contributed by atoms with Gasteiger partial charge in [0.25, 0.3) is 0 Å². The normalized spacial score (nSPS) is 11.1. The summed E-state index contributed by atoms with van der Waals surface area (Å²) >= 11 is 5.20. The maximum absolute atomic E-state index is 5.20. The van der Waals surface area contributed by atoms with Crippen LogP contribution in [-0.2, 0) is 13.0 Å². The molecule has 1 aromatic rings. The van der Waals surface area contributed by atoms with E-state index < -0.39 is 0 Å². The lowest BCUT2D eigenvalue weighted by Crippen LogP contribution is -2.04. The summed E-state index contributed by atoms with van der Waals surface area (Å²) in [4.78, 5) is 3.09. The van der Waals surface area contributed by atoms with Crippen LogP contribution in [0.1, 0.15) is 32.9 Å². The molecule has 1 heterocycles. The third kappa shape index (κ3) is 2.69. The van der Waals surface area contributed by atoms with Gasteiger partial charge in [-0.15, -0.1) is 0 Å². The van der Waals surface area contributed by atoms with Crippen molar-refractivity contribution in [3.05, 3.63) is 16.7 Å². The highest BCUT2D eigenvalue weighted by Gasteiger charge is 2.02. The number of nitrogens with zero attached hydrogens (tertiary/aromatic N) is 1. The van der Waals surface area contributed by atoms with E-state index in [1.165, 1.54) is 12.1 Å². The van der Waals surface area contributed by atoms with Gasteiger partial charge in [-0.2, -0.15) is 0 Å². The van der Waals surface area contributed by atoms with Crippen molar-refractivity contribution in [1.29, 1.82) is 0 Å². The van der Waals surface area contributed by atoms with Crippen LogP contribution in [-0.4, -0.2) is 9.55 Å². The zero-order chi connectivity index (χ0) is 9.84. The van der Waals surface area contributed by atoms with E-state index in [2.05, 4.69) is 30.3 Å². The fourth-order valence-electron chi connectivity index (χ4n) is 1.36. The molecule has 0 aromatic carbocycles. The molecule has 2 nitrogen and oxygen atoms in total. The summed E-state index contributed by atoms with van der Waals surface area (Å²) in [7, 11) is 0. The minimum absolute atomic E-state index is 0.738. The molecule has 0 saturated heterocycles. The summed E-state index contributed by atoms with van der Waals surface area (Å²) in [5.74, 6) is 0.738. The number of imidazole rings is 1. The summed E-state index contributed by atoms with van der Waals surface area (Å²) < 4.78 is 3.06. The van der Waals surface area contributed by atoms with Gasteiger partial charge in [0.05, 0.1) is 0 Å². The molecule has 0 amide bonds. The van der Waals surface area contributed by atoms with Crippen molar-refractivity contribution in [3.63, 3.8) is 0 Å². The number of aromatic nitrogens is 2. The van der Waals surface area contributed by atoms with Gasteiger partial charge in [-0.1, -0.05) is 20.8 Å². The van der Waals surface area contributed by atoms with Crippen LogP contribution < -0.4 is 0 Å². The second-order valence-electron chi connectivity index (χ2n) is 3.77. The molecule has 0 radical (unpaired) electrons. The first-order chi connectivity index (χ1) is 6.15. The van der Waals surface area contributed by atoms with Gasteiger partial charge in [0.2, 0.25) is 0 Å². The topological polar surface area (TPSA) is 20.7 Å². The van der Waals surface area contributed by atoms with Crippen LogP contribution in [0.25, 0.3) is 0 Å². The summed E-state index contributed by atoms with van der Waals surface area (Å²) in [5, 5.41) is 0. The zero-order valence-electron chi connectivity index (χ0n) is 8.63. The lowest BCUT2D eigenvalue weighted by Gasteiger charge is -2.08. The van der Waals surface area contributed by atoms with E-state index in [1.54, 1.807) is 0 Å². The molecule has 0 unspecified atom stereocenters. The first kappa shape index (κ1) is 10.5. The Hall–Kier alpha value is -0.570. The molecule has 13 heavy (non-hydrogen) atoms. The van der Waals surface area contributed by atoms with Crippen LogP contribution >= 0.6 is 12.2 Å². The molecule has 0 atom stereocenters. The van der Waals surface area contributed by atoms with Gasteiger partial charge in [0, 0.05) is 18.4 Å². The van der Waals surface area contributed by atoms with E-state index in [4.69, 9.17) is 12.2 Å². The van der Waals surface area contributed by atoms with E-state index >= 15 is 0 Å². The maximum Gasteiger partial charge on any atom is 0.177 e. The highest BCUT2D eigenvalue weighted by Crippen LogP contribution is 2.07. The number of rotatable bonds is 4. The van der Waals surface area contributed by atoms with Crippen LogP contribution in [0.15, 0.2) is 6.20 Å². The number of nitrogens with one attached hydrogen (secondary N) is 1. The van der Waals surface area contributed by atoms with Gasteiger partial charge >= 0.3 is 0 Å². The fourth-order valence-corrected chi connectivity index (χ4v) is 1.62. The Morgan fingerprint density at radius 1 is 1.54 bits per heavy atom. The quantitative estimate of drug-likeness (QED) is 0.737. The standard InChI is InChI=1S/C10H18N2S/c1-4-9-7-11-10(13)12(9)6-5-8(2)3/h7-8H,4-6H2,1-3H3,(H,11,13). The molecule has 0 fully saturated rings. The molecule has 0 saturated carbocycles. The molecule has 0 aliphatic rings. The third-order valence-corrected chi connectivity index (χ3v) is 2.58. The Morgan fingerprint density at radius 3 is 2.77 bits per heavy atom. The predicted octanol–water partition coefficient (Wildman–Crippen LogP) is 3.15. The molecule has 0 aliphatic carbocycles. The molecule has 74 valence electrons. The number of H-pyrrole nitrogens is 1. The van der Waals surface area contributed by atoms with Gasteiger partial charge in [-0.05, 0) is 31.0 Å². The zero-order valence-corrected chi connectivity index (χ0v) is 9.45. The van der Waals surface area contributed by atoms with Crippen LogP contribution in [0.5, 0.6) is 0 Å². The second kappa shape index (κ2) is 4.61. The molecule has 1 aromatic heterocycles. The van der Waals surface area contributed by atoms with Crippen molar-refractivity contribution in [1.82, 2.24) is 9.55 Å². The van der Waals surface area contributed by atoms with Crippen LogP contribution in [0, 0.1) is 10.7 Å². The molecule has 1 N–H and O–H groups in total. The minimum Gasteiger partial charge on any atom is -0.337 e. The van der Waals surface area contributed by atoms with E-state index in [9.17, 15) is 0 Å². The van der Waals surface area contributed by atoms with E-state index in [1.807, 2.05) is 6.20 Å². The first-order valence-corrected chi connectivity index (χ1v) is 5.33. The van der Waals surface area contributed by atoms with Crippen molar-refractivity contribution >= 4 is 12.2 Å². The van der Waals surface area contributed by atoms with E-state index in [-0.39, 0.29) is 0 Å². The molecule has 3 heteroatoms. The van der Waals surface area contributed by atoms with Crippen LogP contribution in [0.3, 0.4) is 0 Å². The summed E-state index contributed by atoms with van der Waals surface area (Å²) in [6.07, 6.45) is 4.26. The summed E-state index contributed by atoms with van der Waals surface area (Å²) in [5.41, 5.74) is 1.31. The Labute approximate surface area is 85.0 Å².